The van der Waals surface area contributed by atoms with Crippen LogP contribution in [0.3, 0.4) is 0 Å². The molecule has 0 aliphatic carbocycles. The fourth-order valence-corrected chi connectivity index (χ4v) is 4.15. The second kappa shape index (κ2) is 11.4. The average molecular weight is 484 g/mol. The summed E-state index contributed by atoms with van der Waals surface area (Å²) < 4.78 is 10.5. The molecule has 0 aliphatic rings. The molecule has 1 aromatic heterocycles. The van der Waals surface area contributed by atoms with Gasteiger partial charge in [-0.3, -0.25) is 4.79 Å². The Bertz CT molecular complexity index is 1170. The summed E-state index contributed by atoms with van der Waals surface area (Å²) in [6.07, 6.45) is 2.95. The molecule has 6 nitrogen and oxygen atoms in total. The molecular formula is C25H22ClNO5S. The van der Waals surface area contributed by atoms with Gasteiger partial charge in [0.1, 0.15) is 16.5 Å². The summed E-state index contributed by atoms with van der Waals surface area (Å²) in [5, 5.41) is 3.50. The van der Waals surface area contributed by atoms with E-state index in [9.17, 15) is 14.4 Å². The number of ether oxygens (including phenoxy) is 2. The molecule has 0 spiro atoms. The minimum absolute atomic E-state index is 0.0945. The number of rotatable bonds is 8. The first-order valence-electron chi connectivity index (χ1n) is 10.1. The molecular weight excluding hydrogens is 462 g/mol. The van der Waals surface area contributed by atoms with Crippen molar-refractivity contribution in [2.24, 2.45) is 0 Å². The van der Waals surface area contributed by atoms with Gasteiger partial charge in [0.05, 0.1) is 12.2 Å². The van der Waals surface area contributed by atoms with Crippen molar-refractivity contribution < 1.29 is 23.9 Å². The molecule has 0 radical (unpaired) electrons. The van der Waals surface area contributed by atoms with Crippen LogP contribution in [0.2, 0.25) is 5.02 Å². The number of amides is 1. The molecule has 0 atom stereocenters. The predicted molar refractivity (Wildman–Crippen MR) is 130 cm³/mol. The van der Waals surface area contributed by atoms with Crippen molar-refractivity contribution in [3.8, 4) is 0 Å². The van der Waals surface area contributed by atoms with Crippen LogP contribution >= 0.6 is 22.9 Å². The van der Waals surface area contributed by atoms with E-state index in [-0.39, 0.29) is 28.7 Å². The molecule has 0 aliphatic heterocycles. The van der Waals surface area contributed by atoms with Crippen molar-refractivity contribution >= 4 is 51.9 Å². The Balaban J connectivity index is 1.80. The lowest BCUT2D eigenvalue weighted by Gasteiger charge is -2.06. The van der Waals surface area contributed by atoms with Crippen LogP contribution in [-0.4, -0.2) is 24.5 Å². The van der Waals surface area contributed by atoms with Crippen LogP contribution in [0.5, 0.6) is 0 Å². The smallest absolute Gasteiger partial charge is 0.349 e. The SMILES string of the molecule is CCOC(=O)c1c(NC(=O)/C=C/c2ccc(Cl)cc2)sc(C(=O)OCc2ccccc2)c1C. The lowest BCUT2D eigenvalue weighted by Crippen LogP contribution is -2.13. The van der Waals surface area contributed by atoms with Crippen LogP contribution in [0.1, 0.15) is 43.6 Å². The van der Waals surface area contributed by atoms with E-state index in [2.05, 4.69) is 5.32 Å². The number of nitrogens with one attached hydrogen (secondary N) is 1. The van der Waals surface area contributed by atoms with Gasteiger partial charge in [0.25, 0.3) is 0 Å². The molecule has 1 heterocycles. The van der Waals surface area contributed by atoms with Crippen molar-refractivity contribution in [1.82, 2.24) is 0 Å². The number of carbonyl (C=O) groups is 3. The van der Waals surface area contributed by atoms with Crippen molar-refractivity contribution in [2.45, 2.75) is 20.5 Å². The number of esters is 2. The Morgan fingerprint density at radius 1 is 1.00 bits per heavy atom. The van der Waals surface area contributed by atoms with E-state index >= 15 is 0 Å². The van der Waals surface area contributed by atoms with Crippen LogP contribution in [0.15, 0.2) is 60.7 Å². The van der Waals surface area contributed by atoms with Crippen molar-refractivity contribution in [1.29, 1.82) is 0 Å². The van der Waals surface area contributed by atoms with Gasteiger partial charge >= 0.3 is 11.9 Å². The molecule has 3 aromatic rings. The highest BCUT2D eigenvalue weighted by Crippen LogP contribution is 2.34. The molecule has 0 unspecified atom stereocenters. The Kier molecular flexibility index (Phi) is 8.40. The maximum atomic E-state index is 12.7. The van der Waals surface area contributed by atoms with Gasteiger partial charge in [-0.05, 0) is 48.7 Å². The van der Waals surface area contributed by atoms with Gasteiger partial charge in [0.15, 0.2) is 0 Å². The third-order valence-corrected chi connectivity index (χ3v) is 6.00. The molecule has 1 N–H and O–H groups in total. The van der Waals surface area contributed by atoms with Crippen LogP contribution in [0.4, 0.5) is 5.00 Å². The summed E-state index contributed by atoms with van der Waals surface area (Å²) in [6.45, 7) is 3.56. The van der Waals surface area contributed by atoms with Gasteiger partial charge in [0, 0.05) is 11.1 Å². The summed E-state index contributed by atoms with van der Waals surface area (Å²) in [5.41, 5.74) is 2.16. The Labute approximate surface area is 200 Å². The average Bonchev–Trinajstić information content (AvgIpc) is 3.13. The van der Waals surface area contributed by atoms with Gasteiger partial charge in [-0.2, -0.15) is 0 Å². The summed E-state index contributed by atoms with van der Waals surface area (Å²) in [4.78, 5) is 38.0. The molecule has 0 fully saturated rings. The topological polar surface area (TPSA) is 81.7 Å². The van der Waals surface area contributed by atoms with E-state index in [1.54, 1.807) is 44.2 Å². The predicted octanol–water partition coefficient (Wildman–Crippen LogP) is 5.90. The fraction of sp³-hybridized carbons (Fsp3) is 0.160. The monoisotopic (exact) mass is 483 g/mol. The minimum Gasteiger partial charge on any atom is -0.462 e. The molecule has 8 heteroatoms. The van der Waals surface area contributed by atoms with E-state index in [1.807, 2.05) is 30.3 Å². The number of hydrogen-bond acceptors (Lipinski definition) is 6. The van der Waals surface area contributed by atoms with Crippen LogP contribution in [0.25, 0.3) is 6.08 Å². The fourth-order valence-electron chi connectivity index (χ4n) is 2.93. The maximum absolute atomic E-state index is 12.7. The molecule has 2 aromatic carbocycles. The first-order valence-corrected chi connectivity index (χ1v) is 11.3. The number of anilines is 1. The standard InChI is InChI=1S/C25H22ClNO5S/c1-3-31-24(29)21-16(2)22(25(30)32-15-18-7-5-4-6-8-18)33-23(21)27-20(28)14-11-17-9-12-19(26)13-10-17/h4-14H,3,15H2,1-2H3,(H,27,28)/b14-11+. The second-order valence-corrected chi connectivity index (χ2v) is 8.37. The van der Waals surface area contributed by atoms with E-state index in [1.165, 1.54) is 6.08 Å². The number of hydrogen-bond donors (Lipinski definition) is 1. The Morgan fingerprint density at radius 3 is 2.36 bits per heavy atom. The second-order valence-electron chi connectivity index (χ2n) is 6.92. The number of carbonyl (C=O) groups excluding carboxylic acids is 3. The molecule has 0 bridgehead atoms. The first kappa shape index (κ1) is 24.2. The van der Waals surface area contributed by atoms with Gasteiger partial charge in [-0.1, -0.05) is 54.1 Å². The van der Waals surface area contributed by atoms with E-state index < -0.39 is 17.8 Å². The van der Waals surface area contributed by atoms with E-state index in [4.69, 9.17) is 21.1 Å². The molecule has 1 amide bonds. The normalized spacial score (nSPS) is 10.8. The Morgan fingerprint density at radius 2 is 1.70 bits per heavy atom. The number of halogens is 1. The van der Waals surface area contributed by atoms with Crippen molar-refractivity contribution in [3.05, 3.63) is 92.8 Å². The van der Waals surface area contributed by atoms with Crippen molar-refractivity contribution in [2.75, 3.05) is 11.9 Å². The zero-order valence-corrected chi connectivity index (χ0v) is 19.7. The van der Waals surface area contributed by atoms with Crippen LogP contribution in [-0.2, 0) is 20.9 Å². The highest BCUT2D eigenvalue weighted by molar-refractivity contribution is 7.18. The highest BCUT2D eigenvalue weighted by atomic mass is 35.5. The zero-order chi connectivity index (χ0) is 23.8. The third kappa shape index (κ3) is 6.54. The highest BCUT2D eigenvalue weighted by Gasteiger charge is 2.27. The summed E-state index contributed by atoms with van der Waals surface area (Å²) >= 11 is 6.85. The number of benzene rings is 2. The molecule has 33 heavy (non-hydrogen) atoms. The zero-order valence-electron chi connectivity index (χ0n) is 18.1. The van der Waals surface area contributed by atoms with Gasteiger partial charge in [-0.15, -0.1) is 11.3 Å². The lowest BCUT2D eigenvalue weighted by atomic mass is 10.1. The van der Waals surface area contributed by atoms with Gasteiger partial charge in [-0.25, -0.2) is 9.59 Å². The van der Waals surface area contributed by atoms with Crippen LogP contribution < -0.4 is 5.32 Å². The minimum atomic E-state index is -0.620. The van der Waals surface area contributed by atoms with E-state index in [0.29, 0.717) is 10.6 Å². The molecule has 170 valence electrons. The Hall–Kier alpha value is -3.42. The summed E-state index contributed by atoms with van der Waals surface area (Å²) in [6, 6.07) is 16.2. The van der Waals surface area contributed by atoms with Crippen molar-refractivity contribution in [3.63, 3.8) is 0 Å². The van der Waals surface area contributed by atoms with E-state index in [0.717, 1.165) is 22.5 Å². The lowest BCUT2D eigenvalue weighted by molar-refractivity contribution is -0.111. The molecule has 0 saturated heterocycles. The summed E-state index contributed by atoms with van der Waals surface area (Å²) in [5.74, 6) is -1.66. The first-order chi connectivity index (χ1) is 15.9. The summed E-state index contributed by atoms with van der Waals surface area (Å²) in [7, 11) is 0. The van der Waals surface area contributed by atoms with Gasteiger partial charge in [0.2, 0.25) is 5.91 Å². The van der Waals surface area contributed by atoms with Crippen LogP contribution in [0, 0.1) is 6.92 Å². The number of thiophene rings is 1. The molecule has 0 saturated carbocycles. The maximum Gasteiger partial charge on any atom is 0.349 e. The largest absolute Gasteiger partial charge is 0.462 e. The quantitative estimate of drug-likeness (QED) is 0.319. The molecule has 3 rings (SSSR count). The van der Waals surface area contributed by atoms with Gasteiger partial charge < -0.3 is 14.8 Å². The third-order valence-electron chi connectivity index (χ3n) is 4.56.